The molecule has 1 unspecified atom stereocenters. The van der Waals surface area contributed by atoms with Crippen LogP contribution >= 0.6 is 0 Å². The SMILES string of the molecule is NC(CCC(=O)O)c1ccc(C(F)F)c(F)c1. The zero-order valence-electron chi connectivity index (χ0n) is 8.87. The number of alkyl halides is 2. The van der Waals surface area contributed by atoms with Crippen LogP contribution < -0.4 is 5.73 Å². The number of rotatable bonds is 5. The van der Waals surface area contributed by atoms with E-state index in [0.29, 0.717) is 5.56 Å². The molecule has 6 heteroatoms. The van der Waals surface area contributed by atoms with Crippen LogP contribution in [0.3, 0.4) is 0 Å². The first-order valence-corrected chi connectivity index (χ1v) is 4.96. The van der Waals surface area contributed by atoms with Gasteiger partial charge < -0.3 is 10.8 Å². The first kappa shape index (κ1) is 13.5. The third-order valence-electron chi connectivity index (χ3n) is 2.36. The van der Waals surface area contributed by atoms with Crippen molar-refractivity contribution in [3.05, 3.63) is 35.1 Å². The molecule has 0 saturated carbocycles. The molecule has 0 radical (unpaired) electrons. The van der Waals surface area contributed by atoms with E-state index in [4.69, 9.17) is 10.8 Å². The minimum atomic E-state index is -2.88. The van der Waals surface area contributed by atoms with Crippen molar-refractivity contribution in [2.24, 2.45) is 5.73 Å². The fourth-order valence-corrected chi connectivity index (χ4v) is 1.40. The van der Waals surface area contributed by atoms with Crippen LogP contribution in [0.1, 0.15) is 36.4 Å². The quantitative estimate of drug-likeness (QED) is 0.840. The Morgan fingerprint density at radius 2 is 2.06 bits per heavy atom. The van der Waals surface area contributed by atoms with Crippen LogP contribution in [0.25, 0.3) is 0 Å². The zero-order valence-corrected chi connectivity index (χ0v) is 8.87. The molecule has 0 aliphatic rings. The largest absolute Gasteiger partial charge is 0.481 e. The summed E-state index contributed by atoms with van der Waals surface area (Å²) in [6.07, 6.45) is -2.90. The molecule has 0 heterocycles. The van der Waals surface area contributed by atoms with Gasteiger partial charge in [0, 0.05) is 12.5 Å². The molecule has 0 aliphatic heterocycles. The summed E-state index contributed by atoms with van der Waals surface area (Å²) in [6, 6.07) is 2.51. The van der Waals surface area contributed by atoms with Crippen LogP contribution in [0.5, 0.6) is 0 Å². The molecular formula is C11H12F3NO2. The Hall–Kier alpha value is -1.56. The van der Waals surface area contributed by atoms with E-state index < -0.39 is 29.8 Å². The highest BCUT2D eigenvalue weighted by molar-refractivity contribution is 5.66. The predicted molar refractivity (Wildman–Crippen MR) is 55.2 cm³/mol. The van der Waals surface area contributed by atoms with Crippen LogP contribution in [0.15, 0.2) is 18.2 Å². The minimum Gasteiger partial charge on any atom is -0.481 e. The normalized spacial score (nSPS) is 12.8. The first-order valence-electron chi connectivity index (χ1n) is 4.96. The number of hydrogen-bond donors (Lipinski definition) is 2. The van der Waals surface area contributed by atoms with Crippen molar-refractivity contribution >= 4 is 5.97 Å². The van der Waals surface area contributed by atoms with Crippen molar-refractivity contribution in [3.63, 3.8) is 0 Å². The van der Waals surface area contributed by atoms with Gasteiger partial charge in [-0.2, -0.15) is 0 Å². The average molecular weight is 247 g/mol. The molecule has 0 amide bonds. The lowest BCUT2D eigenvalue weighted by Gasteiger charge is -2.12. The van der Waals surface area contributed by atoms with Crippen LogP contribution in [-0.4, -0.2) is 11.1 Å². The maximum absolute atomic E-state index is 13.2. The van der Waals surface area contributed by atoms with E-state index in [-0.39, 0.29) is 12.8 Å². The van der Waals surface area contributed by atoms with Gasteiger partial charge in [-0.15, -0.1) is 0 Å². The summed E-state index contributed by atoms with van der Waals surface area (Å²) < 4.78 is 37.7. The summed E-state index contributed by atoms with van der Waals surface area (Å²) in [5.41, 5.74) is 5.25. The second-order valence-electron chi connectivity index (χ2n) is 3.62. The van der Waals surface area contributed by atoms with Gasteiger partial charge in [0.05, 0.1) is 5.56 Å². The number of halogens is 3. The van der Waals surface area contributed by atoms with E-state index in [0.717, 1.165) is 12.1 Å². The fraction of sp³-hybridized carbons (Fsp3) is 0.364. The van der Waals surface area contributed by atoms with Crippen molar-refractivity contribution in [3.8, 4) is 0 Å². The van der Waals surface area contributed by atoms with Gasteiger partial charge in [-0.1, -0.05) is 12.1 Å². The topological polar surface area (TPSA) is 63.3 Å². The van der Waals surface area contributed by atoms with Crippen molar-refractivity contribution in [2.75, 3.05) is 0 Å². The zero-order chi connectivity index (χ0) is 13.0. The Morgan fingerprint density at radius 3 is 2.53 bits per heavy atom. The van der Waals surface area contributed by atoms with Gasteiger partial charge in [-0.25, -0.2) is 13.2 Å². The van der Waals surface area contributed by atoms with Gasteiger partial charge in [0.2, 0.25) is 0 Å². The number of hydrogen-bond acceptors (Lipinski definition) is 2. The van der Waals surface area contributed by atoms with E-state index in [9.17, 15) is 18.0 Å². The third kappa shape index (κ3) is 3.74. The Morgan fingerprint density at radius 1 is 1.41 bits per heavy atom. The minimum absolute atomic E-state index is 0.128. The summed E-state index contributed by atoms with van der Waals surface area (Å²) in [6.45, 7) is 0. The molecule has 0 fully saturated rings. The fourth-order valence-electron chi connectivity index (χ4n) is 1.40. The van der Waals surface area contributed by atoms with Gasteiger partial charge >= 0.3 is 5.97 Å². The van der Waals surface area contributed by atoms with Crippen LogP contribution in [-0.2, 0) is 4.79 Å². The number of benzene rings is 1. The lowest BCUT2D eigenvalue weighted by Crippen LogP contribution is -2.12. The number of carbonyl (C=O) groups is 1. The van der Waals surface area contributed by atoms with Crippen molar-refractivity contribution < 1.29 is 23.1 Å². The number of nitrogens with two attached hydrogens (primary N) is 1. The molecular weight excluding hydrogens is 235 g/mol. The van der Waals surface area contributed by atoms with Crippen LogP contribution in [0, 0.1) is 5.82 Å². The van der Waals surface area contributed by atoms with E-state index in [2.05, 4.69) is 0 Å². The summed E-state index contributed by atoms with van der Waals surface area (Å²) in [5, 5.41) is 8.45. The maximum atomic E-state index is 13.2. The molecule has 3 N–H and O–H groups in total. The summed E-state index contributed by atoms with van der Waals surface area (Å²) in [4.78, 5) is 10.3. The van der Waals surface area contributed by atoms with E-state index in [1.165, 1.54) is 6.07 Å². The Balaban J connectivity index is 2.78. The molecule has 17 heavy (non-hydrogen) atoms. The summed E-state index contributed by atoms with van der Waals surface area (Å²) in [7, 11) is 0. The van der Waals surface area contributed by atoms with Gasteiger partial charge in [0.1, 0.15) is 5.82 Å². The Kier molecular flexibility index (Phi) is 4.51. The lowest BCUT2D eigenvalue weighted by molar-refractivity contribution is -0.137. The highest BCUT2D eigenvalue weighted by atomic mass is 19.3. The highest BCUT2D eigenvalue weighted by Gasteiger charge is 2.16. The molecule has 0 bridgehead atoms. The van der Waals surface area contributed by atoms with E-state index in [1.54, 1.807) is 0 Å². The van der Waals surface area contributed by atoms with E-state index >= 15 is 0 Å². The number of aliphatic carboxylic acids is 1. The molecule has 1 rings (SSSR count). The van der Waals surface area contributed by atoms with Crippen molar-refractivity contribution in [2.45, 2.75) is 25.3 Å². The summed E-state index contributed by atoms with van der Waals surface area (Å²) in [5.74, 6) is -2.03. The van der Waals surface area contributed by atoms with Gasteiger partial charge in [0.25, 0.3) is 6.43 Å². The van der Waals surface area contributed by atoms with Crippen molar-refractivity contribution in [1.82, 2.24) is 0 Å². The molecule has 1 aromatic carbocycles. The van der Waals surface area contributed by atoms with Gasteiger partial charge in [-0.3, -0.25) is 4.79 Å². The number of carboxylic acids is 1. The van der Waals surface area contributed by atoms with Crippen LogP contribution in [0.2, 0.25) is 0 Å². The molecule has 0 aliphatic carbocycles. The van der Waals surface area contributed by atoms with Gasteiger partial charge in [0.15, 0.2) is 0 Å². The molecule has 1 atom stereocenters. The highest BCUT2D eigenvalue weighted by Crippen LogP contribution is 2.25. The van der Waals surface area contributed by atoms with Crippen molar-refractivity contribution in [1.29, 1.82) is 0 Å². The molecule has 0 saturated heterocycles. The second-order valence-corrected chi connectivity index (χ2v) is 3.62. The maximum Gasteiger partial charge on any atom is 0.303 e. The molecule has 94 valence electrons. The lowest BCUT2D eigenvalue weighted by atomic mass is 10.0. The standard InChI is InChI=1S/C11H12F3NO2/c12-8-5-6(1-2-7(8)11(13)14)9(15)3-4-10(16)17/h1-2,5,9,11H,3-4,15H2,(H,16,17). The summed E-state index contributed by atoms with van der Waals surface area (Å²) >= 11 is 0. The molecule has 1 aromatic rings. The molecule has 0 spiro atoms. The Bertz CT molecular complexity index is 410. The van der Waals surface area contributed by atoms with Gasteiger partial charge in [-0.05, 0) is 18.1 Å². The first-order chi connectivity index (χ1) is 7.91. The molecule has 3 nitrogen and oxygen atoms in total. The number of carboxylic acid groups (broad SMARTS) is 1. The predicted octanol–water partition coefficient (Wildman–Crippen LogP) is 2.63. The molecule has 0 aromatic heterocycles. The third-order valence-corrected chi connectivity index (χ3v) is 2.36. The van der Waals surface area contributed by atoms with Crippen LogP contribution in [0.4, 0.5) is 13.2 Å². The second kappa shape index (κ2) is 5.67. The van der Waals surface area contributed by atoms with E-state index in [1.807, 2.05) is 0 Å². The average Bonchev–Trinajstić information content (AvgIpc) is 2.25. The monoisotopic (exact) mass is 247 g/mol. The Labute approximate surface area is 96.0 Å². The smallest absolute Gasteiger partial charge is 0.303 e.